The van der Waals surface area contributed by atoms with Gasteiger partial charge in [-0.05, 0) is 18.9 Å². The molecule has 0 fully saturated rings. The normalized spacial score (nSPS) is 11.6. The van der Waals surface area contributed by atoms with E-state index >= 15 is 0 Å². The van der Waals surface area contributed by atoms with Crippen LogP contribution in [-0.4, -0.2) is 0 Å². The number of hydrogen-bond acceptors (Lipinski definition) is 2. The van der Waals surface area contributed by atoms with E-state index in [1.165, 1.54) is 38.5 Å². The molecule has 18 heavy (non-hydrogen) atoms. The summed E-state index contributed by atoms with van der Waals surface area (Å²) in [5, 5.41) is 0.499. The Kier molecular flexibility index (Phi) is 7.88. The molecule has 0 saturated heterocycles. The second-order valence-corrected chi connectivity index (χ2v) is 5.75. The highest BCUT2D eigenvalue weighted by Gasteiger charge is 2.12. The summed E-state index contributed by atoms with van der Waals surface area (Å²) in [7, 11) is -2.45. The van der Waals surface area contributed by atoms with Crippen LogP contribution in [0.4, 0.5) is 0 Å². The third-order valence-electron chi connectivity index (χ3n) is 3.24. The van der Waals surface area contributed by atoms with Crippen LogP contribution in [0.5, 0.6) is 0 Å². The molecule has 1 atom stereocenters. The van der Waals surface area contributed by atoms with Crippen LogP contribution in [0, 0.1) is 0 Å². The van der Waals surface area contributed by atoms with E-state index in [4.69, 9.17) is 0 Å². The van der Waals surface area contributed by atoms with Gasteiger partial charge in [-0.15, -0.1) is 0 Å². The first-order valence-corrected chi connectivity index (χ1v) is 8.15. The first-order valence-electron chi connectivity index (χ1n) is 6.98. The van der Waals surface area contributed by atoms with Crippen molar-refractivity contribution in [2.24, 2.45) is 0 Å². The maximum absolute atomic E-state index is 11.1. The van der Waals surface area contributed by atoms with Gasteiger partial charge in [-0.25, -0.2) is 0 Å². The Morgan fingerprint density at radius 1 is 1.00 bits per heavy atom. The lowest BCUT2D eigenvalue weighted by Crippen LogP contribution is -2.10. The summed E-state index contributed by atoms with van der Waals surface area (Å²) in [6.07, 6.45) is 9.70. The molecule has 0 amide bonds. The molecule has 0 aliphatic rings. The van der Waals surface area contributed by atoms with Crippen molar-refractivity contribution in [1.82, 2.24) is 0 Å². The molecule has 3 heteroatoms. The van der Waals surface area contributed by atoms with Crippen molar-refractivity contribution in [3.05, 3.63) is 29.8 Å². The van der Waals surface area contributed by atoms with Crippen LogP contribution in [0.15, 0.2) is 24.3 Å². The summed E-state index contributed by atoms with van der Waals surface area (Å²) < 4.78 is 11.1. The van der Waals surface area contributed by atoms with Crippen LogP contribution in [0.25, 0.3) is 0 Å². The fourth-order valence-corrected chi connectivity index (χ4v) is 2.80. The molecule has 0 N–H and O–H groups in total. The van der Waals surface area contributed by atoms with E-state index in [1.807, 2.05) is 12.1 Å². The van der Waals surface area contributed by atoms with Crippen molar-refractivity contribution in [1.29, 1.82) is 0 Å². The molecule has 0 spiro atoms. The highest BCUT2D eigenvalue weighted by molar-refractivity contribution is 7.46. The van der Waals surface area contributed by atoms with Crippen LogP contribution in [-0.2, 0) is 11.0 Å². The highest BCUT2D eigenvalue weighted by atomic mass is 31.1. The molecule has 0 heterocycles. The van der Waals surface area contributed by atoms with Gasteiger partial charge in [-0.2, -0.15) is 0 Å². The average molecular weight is 266 g/mol. The fourth-order valence-electron chi connectivity index (χ4n) is 2.17. The summed E-state index contributed by atoms with van der Waals surface area (Å²) in [4.78, 5) is 11.1. The Hall–Kier alpha value is -0.720. The van der Waals surface area contributed by atoms with Crippen molar-refractivity contribution < 1.29 is 9.46 Å². The van der Waals surface area contributed by atoms with Crippen LogP contribution < -0.4 is 10.2 Å². The lowest BCUT2D eigenvalue weighted by Gasteiger charge is -2.03. The van der Waals surface area contributed by atoms with Crippen molar-refractivity contribution in [2.75, 3.05) is 0 Å². The molecular formula is C15H23O2P. The molecule has 1 aromatic carbocycles. The summed E-state index contributed by atoms with van der Waals surface area (Å²) in [5.41, 5.74) is 0.974. The summed E-state index contributed by atoms with van der Waals surface area (Å²) in [5.74, 6) is 0. The van der Waals surface area contributed by atoms with E-state index in [-0.39, 0.29) is 0 Å². The zero-order valence-corrected chi connectivity index (χ0v) is 12.1. The van der Waals surface area contributed by atoms with Gasteiger partial charge in [0.05, 0.1) is 0 Å². The van der Waals surface area contributed by atoms with Gasteiger partial charge >= 0.3 is 8.03 Å². The van der Waals surface area contributed by atoms with E-state index in [1.54, 1.807) is 12.1 Å². The number of aryl methyl sites for hydroxylation is 1. The van der Waals surface area contributed by atoms with Gasteiger partial charge in [0.2, 0.25) is 0 Å². The van der Waals surface area contributed by atoms with Gasteiger partial charge in [0.15, 0.2) is 5.30 Å². The third-order valence-corrected chi connectivity index (χ3v) is 4.07. The summed E-state index contributed by atoms with van der Waals surface area (Å²) >= 11 is 0. The standard InChI is InChI=1S/C15H23O2P/c1-2-3-4-5-6-7-8-11-14-12-9-10-13-15(14)18(16)17/h9-10,12-13H,2-8,11H2,1H3. The molecule has 0 aromatic heterocycles. The average Bonchev–Trinajstić information content (AvgIpc) is 2.38. The third kappa shape index (κ3) is 5.75. The van der Waals surface area contributed by atoms with Crippen LogP contribution in [0.1, 0.15) is 57.4 Å². The summed E-state index contributed by atoms with van der Waals surface area (Å²) in [6, 6.07) is 7.33. The van der Waals surface area contributed by atoms with E-state index in [0.717, 1.165) is 18.4 Å². The van der Waals surface area contributed by atoms with Gasteiger partial charge in [0, 0.05) is 5.56 Å². The number of benzene rings is 1. The zero-order chi connectivity index (χ0) is 13.2. The van der Waals surface area contributed by atoms with Crippen molar-refractivity contribution >= 4 is 13.3 Å². The minimum atomic E-state index is -2.45. The first-order chi connectivity index (χ1) is 8.75. The molecule has 1 aromatic rings. The molecule has 0 radical (unpaired) electrons. The van der Waals surface area contributed by atoms with Crippen LogP contribution >= 0.6 is 8.03 Å². The van der Waals surface area contributed by atoms with Gasteiger partial charge in [-0.1, -0.05) is 68.2 Å². The number of unbranched alkanes of at least 4 members (excludes halogenated alkanes) is 6. The SMILES string of the molecule is CCCCCCCCCc1ccccc1[P+](=O)[O-]. The van der Waals surface area contributed by atoms with Gasteiger partial charge in [0.25, 0.3) is 0 Å². The molecule has 1 rings (SSSR count). The maximum Gasteiger partial charge on any atom is 0.349 e. The minimum Gasteiger partial charge on any atom is -0.591 e. The Bertz CT molecular complexity index is 363. The fraction of sp³-hybridized carbons (Fsp3) is 0.600. The van der Waals surface area contributed by atoms with Crippen molar-refractivity contribution in [2.45, 2.75) is 58.3 Å². The molecule has 0 aliphatic heterocycles. The Morgan fingerprint density at radius 2 is 1.61 bits per heavy atom. The highest BCUT2D eigenvalue weighted by Crippen LogP contribution is 2.15. The maximum atomic E-state index is 11.1. The van der Waals surface area contributed by atoms with E-state index < -0.39 is 8.03 Å². The molecule has 100 valence electrons. The Labute approximate surface area is 111 Å². The van der Waals surface area contributed by atoms with Crippen LogP contribution in [0.3, 0.4) is 0 Å². The van der Waals surface area contributed by atoms with Gasteiger partial charge in [0.1, 0.15) is 0 Å². The first kappa shape index (κ1) is 15.3. The minimum absolute atomic E-state index is 0.499. The lowest BCUT2D eigenvalue weighted by molar-refractivity contribution is -0.160. The van der Waals surface area contributed by atoms with E-state index in [2.05, 4.69) is 6.92 Å². The number of rotatable bonds is 9. The quantitative estimate of drug-likeness (QED) is 0.505. The Balaban J connectivity index is 2.25. The molecule has 0 saturated carbocycles. The van der Waals surface area contributed by atoms with Crippen LogP contribution in [0.2, 0.25) is 0 Å². The zero-order valence-electron chi connectivity index (χ0n) is 11.2. The van der Waals surface area contributed by atoms with E-state index in [0.29, 0.717) is 5.30 Å². The lowest BCUT2D eigenvalue weighted by atomic mass is 10.0. The predicted octanol–water partition coefficient (Wildman–Crippen LogP) is 3.71. The summed E-state index contributed by atoms with van der Waals surface area (Å²) in [6.45, 7) is 2.22. The second kappa shape index (κ2) is 9.24. The smallest absolute Gasteiger partial charge is 0.349 e. The predicted molar refractivity (Wildman–Crippen MR) is 75.4 cm³/mol. The molecule has 1 unspecified atom stereocenters. The number of hydrogen-bond donors (Lipinski definition) is 0. The second-order valence-electron chi connectivity index (χ2n) is 4.76. The molecule has 2 nitrogen and oxygen atoms in total. The van der Waals surface area contributed by atoms with E-state index in [9.17, 15) is 9.46 Å². The molecule has 0 bridgehead atoms. The molecule has 0 aliphatic carbocycles. The molecular weight excluding hydrogens is 243 g/mol. The van der Waals surface area contributed by atoms with Crippen molar-refractivity contribution in [3.63, 3.8) is 0 Å². The monoisotopic (exact) mass is 266 g/mol. The van der Waals surface area contributed by atoms with Gasteiger partial charge in [-0.3, -0.25) is 0 Å². The van der Waals surface area contributed by atoms with Crippen molar-refractivity contribution in [3.8, 4) is 0 Å². The van der Waals surface area contributed by atoms with Gasteiger partial charge < -0.3 is 4.89 Å². The Morgan fingerprint density at radius 3 is 2.28 bits per heavy atom. The topological polar surface area (TPSA) is 40.1 Å². The largest absolute Gasteiger partial charge is 0.591 e.